The Labute approximate surface area is 201 Å². The number of ether oxygens (including phenoxy) is 1. The number of benzene rings is 1. The van der Waals surface area contributed by atoms with Crippen LogP contribution in [0.4, 0.5) is 18.9 Å². The van der Waals surface area contributed by atoms with E-state index < -0.39 is 21.8 Å². The van der Waals surface area contributed by atoms with E-state index in [4.69, 9.17) is 4.74 Å². The molecule has 0 aliphatic carbocycles. The van der Waals surface area contributed by atoms with E-state index in [9.17, 15) is 26.7 Å². The first-order valence-corrected chi connectivity index (χ1v) is 13.3. The number of thiophene rings is 1. The smallest absolute Gasteiger partial charge is 0.379 e. The fourth-order valence-electron chi connectivity index (χ4n) is 4.30. The average molecular weight is 520 g/mol. The van der Waals surface area contributed by atoms with Crippen molar-refractivity contribution in [2.75, 3.05) is 57.4 Å². The van der Waals surface area contributed by atoms with Crippen LogP contribution in [0.5, 0.6) is 0 Å². The molecule has 0 spiro atoms. The van der Waals surface area contributed by atoms with Crippen molar-refractivity contribution in [3.63, 3.8) is 0 Å². The van der Waals surface area contributed by atoms with E-state index in [1.54, 1.807) is 29.6 Å². The van der Waals surface area contributed by atoms with E-state index >= 15 is 0 Å². The van der Waals surface area contributed by atoms with Crippen LogP contribution in [0.3, 0.4) is 0 Å². The Morgan fingerprint density at radius 2 is 1.76 bits per heavy atom. The normalized spacial score (nSPS) is 23.1. The molecule has 0 amide bonds. The summed E-state index contributed by atoms with van der Waals surface area (Å²) >= 11 is 1.18. The highest BCUT2D eigenvalue weighted by Crippen LogP contribution is 2.39. The molecule has 2 aromatic rings. The fraction of sp³-hybridized carbons (Fsp3) is 0.545. The molecule has 188 valence electrons. The molecule has 2 saturated heterocycles. The number of anilines is 1. The Morgan fingerprint density at radius 3 is 2.35 bits per heavy atom. The molecule has 2 fully saturated rings. The fourth-order valence-corrected chi connectivity index (χ4v) is 6.91. The maximum atomic E-state index is 13.2. The predicted octanol–water partition coefficient (Wildman–Crippen LogP) is 2.73. The molecule has 1 unspecified atom stereocenters. The second kappa shape index (κ2) is 9.75. The lowest BCUT2D eigenvalue weighted by atomic mass is 9.95. The molecule has 1 aromatic heterocycles. The maximum absolute atomic E-state index is 13.2. The first-order chi connectivity index (χ1) is 16.0. The van der Waals surface area contributed by atoms with Crippen LogP contribution in [-0.2, 0) is 20.4 Å². The largest absolute Gasteiger partial charge is 0.421 e. The Balaban J connectivity index is 1.58. The summed E-state index contributed by atoms with van der Waals surface area (Å²) in [4.78, 5) is 4.26. The number of alkyl halides is 3. The van der Waals surface area contributed by atoms with Crippen LogP contribution in [0.15, 0.2) is 46.0 Å². The van der Waals surface area contributed by atoms with Crippen molar-refractivity contribution >= 4 is 27.0 Å². The lowest BCUT2D eigenvalue weighted by molar-refractivity contribution is -0.258. The zero-order valence-electron chi connectivity index (χ0n) is 18.7. The Morgan fingerprint density at radius 1 is 1.09 bits per heavy atom. The number of nitrogens with zero attached hydrogens (tertiary/aromatic N) is 3. The molecule has 1 N–H and O–H groups in total. The maximum Gasteiger partial charge on any atom is 0.421 e. The van der Waals surface area contributed by atoms with E-state index in [0.29, 0.717) is 36.2 Å². The van der Waals surface area contributed by atoms with E-state index in [2.05, 4.69) is 4.90 Å². The van der Waals surface area contributed by atoms with Gasteiger partial charge in [0.05, 0.1) is 19.3 Å². The molecule has 0 saturated carbocycles. The van der Waals surface area contributed by atoms with Gasteiger partial charge < -0.3 is 14.7 Å². The molecule has 0 bridgehead atoms. The third-order valence-corrected chi connectivity index (χ3v) is 9.66. The highest BCUT2D eigenvalue weighted by molar-refractivity contribution is 7.91. The standard InChI is InChI=1S/C22H28F3N3O4S2/c1-21(29,22(23,24)25)17-4-6-18(7-5-17)28-9-8-27(34(30,31)20-3-2-14-33-20)16-19(28)15-26-10-12-32-13-11-26/h2-7,14,19,29H,8-13,15-16H2,1H3/t19-,21?/m0/s1. The second-order valence-electron chi connectivity index (χ2n) is 8.67. The van der Waals surface area contributed by atoms with Crippen molar-refractivity contribution in [1.29, 1.82) is 0 Å². The van der Waals surface area contributed by atoms with Crippen LogP contribution in [-0.4, -0.2) is 87.4 Å². The summed E-state index contributed by atoms with van der Waals surface area (Å²) in [7, 11) is -3.62. The number of piperazine rings is 1. The first-order valence-electron chi connectivity index (χ1n) is 11.0. The third-order valence-electron chi connectivity index (χ3n) is 6.42. The topological polar surface area (TPSA) is 73.3 Å². The summed E-state index contributed by atoms with van der Waals surface area (Å²) in [6.07, 6.45) is -4.80. The quantitative estimate of drug-likeness (QED) is 0.633. The number of rotatable bonds is 6. The Bertz CT molecular complexity index is 1050. The molecule has 12 heteroatoms. The van der Waals surface area contributed by atoms with Gasteiger partial charge in [0.1, 0.15) is 4.21 Å². The van der Waals surface area contributed by atoms with Gasteiger partial charge in [0, 0.05) is 45.0 Å². The van der Waals surface area contributed by atoms with E-state index in [0.717, 1.165) is 20.0 Å². The number of hydrogen-bond acceptors (Lipinski definition) is 7. The zero-order valence-corrected chi connectivity index (χ0v) is 20.4. The minimum atomic E-state index is -4.80. The van der Waals surface area contributed by atoms with Gasteiger partial charge in [0.25, 0.3) is 10.0 Å². The van der Waals surface area contributed by atoms with Crippen molar-refractivity contribution in [1.82, 2.24) is 9.21 Å². The minimum Gasteiger partial charge on any atom is -0.379 e. The van der Waals surface area contributed by atoms with Gasteiger partial charge in [-0.25, -0.2) is 8.42 Å². The van der Waals surface area contributed by atoms with Gasteiger partial charge in [-0.2, -0.15) is 17.5 Å². The highest BCUT2D eigenvalue weighted by Gasteiger charge is 2.51. The van der Waals surface area contributed by atoms with Crippen LogP contribution in [0.2, 0.25) is 0 Å². The van der Waals surface area contributed by atoms with Gasteiger partial charge in [-0.1, -0.05) is 18.2 Å². The van der Waals surface area contributed by atoms with Crippen molar-refractivity contribution in [2.45, 2.75) is 29.0 Å². The monoisotopic (exact) mass is 519 g/mol. The highest BCUT2D eigenvalue weighted by atomic mass is 32.2. The van der Waals surface area contributed by atoms with Crippen molar-refractivity contribution < 1.29 is 31.4 Å². The lowest BCUT2D eigenvalue weighted by Crippen LogP contribution is -2.59. The second-order valence-corrected chi connectivity index (χ2v) is 11.8. The molecule has 34 heavy (non-hydrogen) atoms. The Kier molecular flexibility index (Phi) is 7.28. The van der Waals surface area contributed by atoms with Gasteiger partial charge in [-0.3, -0.25) is 4.90 Å². The van der Waals surface area contributed by atoms with Crippen LogP contribution in [0.25, 0.3) is 0 Å². The summed E-state index contributed by atoms with van der Waals surface area (Å²) in [6, 6.07) is 8.78. The molecule has 1 aromatic carbocycles. The van der Waals surface area contributed by atoms with E-state index in [1.165, 1.54) is 27.8 Å². The van der Waals surface area contributed by atoms with Crippen LogP contribution >= 0.6 is 11.3 Å². The molecule has 0 radical (unpaired) electrons. The number of hydrogen-bond donors (Lipinski definition) is 1. The van der Waals surface area contributed by atoms with Crippen LogP contribution in [0, 0.1) is 0 Å². The minimum absolute atomic E-state index is 0.199. The summed E-state index contributed by atoms with van der Waals surface area (Å²) in [5.41, 5.74) is -2.51. The number of sulfonamides is 1. The predicted molar refractivity (Wildman–Crippen MR) is 124 cm³/mol. The van der Waals surface area contributed by atoms with Crippen molar-refractivity contribution in [2.24, 2.45) is 0 Å². The van der Waals surface area contributed by atoms with E-state index in [-0.39, 0.29) is 24.7 Å². The summed E-state index contributed by atoms with van der Waals surface area (Å²) < 4.78 is 73.2. The van der Waals surface area contributed by atoms with Gasteiger partial charge in [-0.05, 0) is 36.1 Å². The molecule has 2 aliphatic rings. The van der Waals surface area contributed by atoms with Gasteiger partial charge >= 0.3 is 6.18 Å². The van der Waals surface area contributed by atoms with Gasteiger partial charge in [0.15, 0.2) is 5.60 Å². The lowest BCUT2D eigenvalue weighted by Gasteiger charge is -2.44. The SMILES string of the molecule is CC(O)(c1ccc(N2CCN(S(=O)(=O)c3cccs3)C[C@@H]2CN2CCOCC2)cc1)C(F)(F)F. The summed E-state index contributed by atoms with van der Waals surface area (Å²) in [5, 5.41) is 11.7. The zero-order chi connectivity index (χ0) is 24.6. The number of aliphatic hydroxyl groups is 1. The summed E-state index contributed by atoms with van der Waals surface area (Å²) in [5.74, 6) is 0. The van der Waals surface area contributed by atoms with Crippen molar-refractivity contribution in [3.05, 3.63) is 47.3 Å². The first kappa shape index (κ1) is 25.4. The Hall–Kier alpha value is -1.70. The molecular formula is C22H28F3N3O4S2. The molecule has 7 nitrogen and oxygen atoms in total. The van der Waals surface area contributed by atoms with Crippen molar-refractivity contribution in [3.8, 4) is 0 Å². The molecular weight excluding hydrogens is 491 g/mol. The molecule has 4 rings (SSSR count). The summed E-state index contributed by atoms with van der Waals surface area (Å²) in [6.45, 7) is 4.93. The molecule has 2 aliphatic heterocycles. The van der Waals surface area contributed by atoms with Crippen LogP contribution in [0.1, 0.15) is 12.5 Å². The number of morpholine rings is 1. The van der Waals surface area contributed by atoms with Gasteiger partial charge in [0.2, 0.25) is 0 Å². The van der Waals surface area contributed by atoms with Gasteiger partial charge in [-0.15, -0.1) is 11.3 Å². The van der Waals surface area contributed by atoms with E-state index in [1.807, 2.05) is 4.90 Å². The average Bonchev–Trinajstić information content (AvgIpc) is 3.35. The third kappa shape index (κ3) is 5.12. The number of halogens is 3. The molecule has 3 heterocycles. The molecule has 2 atom stereocenters. The van der Waals surface area contributed by atoms with Crippen LogP contribution < -0.4 is 4.90 Å².